The van der Waals surface area contributed by atoms with Crippen LogP contribution in [-0.2, 0) is 0 Å². The van der Waals surface area contributed by atoms with Gasteiger partial charge < -0.3 is 4.90 Å². The third-order valence-electron chi connectivity index (χ3n) is 1.80. The van der Waals surface area contributed by atoms with E-state index in [-0.39, 0.29) is 5.82 Å². The number of aromatic nitrogens is 1. The molecule has 0 saturated heterocycles. The first-order valence-electron chi connectivity index (χ1n) is 4.06. The van der Waals surface area contributed by atoms with Gasteiger partial charge in [-0.05, 0) is 19.9 Å². The van der Waals surface area contributed by atoms with Gasteiger partial charge in [0.2, 0.25) is 0 Å². The predicted molar refractivity (Wildman–Crippen MR) is 46.6 cm³/mol. The van der Waals surface area contributed by atoms with Crippen LogP contribution in [0.1, 0.15) is 13.8 Å². The van der Waals surface area contributed by atoms with E-state index in [1.54, 1.807) is 12.3 Å². The van der Waals surface area contributed by atoms with Gasteiger partial charge in [-0.3, -0.25) is 4.98 Å². The number of rotatable bonds is 3. The standard InChI is InChI=1S/C9H12FN2/c1-3-12(4-2)9-5-6-11-7-8(9)10/h5-6H,3-4H2,1-2H3. The normalized spacial score (nSPS) is 9.92. The first-order chi connectivity index (χ1) is 5.79. The molecule has 0 aliphatic rings. The molecule has 0 aliphatic heterocycles. The molecule has 0 aromatic carbocycles. The highest BCUT2D eigenvalue weighted by Crippen LogP contribution is 2.15. The van der Waals surface area contributed by atoms with Crippen LogP contribution in [0.5, 0.6) is 0 Å². The lowest BCUT2D eigenvalue weighted by atomic mass is 10.3. The summed E-state index contributed by atoms with van der Waals surface area (Å²) in [6.45, 7) is 5.57. The zero-order valence-electron chi connectivity index (χ0n) is 7.34. The van der Waals surface area contributed by atoms with Crippen molar-refractivity contribution in [2.75, 3.05) is 18.0 Å². The van der Waals surface area contributed by atoms with Gasteiger partial charge in [-0.2, -0.15) is 0 Å². The summed E-state index contributed by atoms with van der Waals surface area (Å²) >= 11 is 0. The summed E-state index contributed by atoms with van der Waals surface area (Å²) in [5, 5.41) is 0. The molecule has 0 aliphatic carbocycles. The van der Waals surface area contributed by atoms with Crippen molar-refractivity contribution in [3.8, 4) is 0 Å². The SMILES string of the molecule is CCN(CC)c1ccn[c]c1F. The van der Waals surface area contributed by atoms with Crippen molar-refractivity contribution in [1.82, 2.24) is 4.98 Å². The second kappa shape index (κ2) is 4.04. The number of nitrogens with zero attached hydrogens (tertiary/aromatic N) is 2. The Bertz CT molecular complexity index is 246. The van der Waals surface area contributed by atoms with Crippen molar-refractivity contribution in [3.63, 3.8) is 0 Å². The third-order valence-corrected chi connectivity index (χ3v) is 1.80. The molecule has 3 heteroatoms. The van der Waals surface area contributed by atoms with Crippen LogP contribution in [0.2, 0.25) is 0 Å². The van der Waals surface area contributed by atoms with Gasteiger partial charge in [-0.1, -0.05) is 0 Å². The van der Waals surface area contributed by atoms with E-state index in [1.165, 1.54) is 0 Å². The zero-order chi connectivity index (χ0) is 8.97. The summed E-state index contributed by atoms with van der Waals surface area (Å²) in [7, 11) is 0. The molecule has 0 unspecified atom stereocenters. The number of hydrogen-bond donors (Lipinski definition) is 0. The Morgan fingerprint density at radius 3 is 2.67 bits per heavy atom. The molecule has 1 rings (SSSR count). The summed E-state index contributed by atoms with van der Waals surface area (Å²) in [5.41, 5.74) is 0.579. The molecule has 0 saturated carbocycles. The Morgan fingerprint density at radius 2 is 2.17 bits per heavy atom. The molecule has 0 spiro atoms. The molecule has 1 aromatic rings. The molecule has 12 heavy (non-hydrogen) atoms. The van der Waals surface area contributed by atoms with Gasteiger partial charge >= 0.3 is 0 Å². The van der Waals surface area contributed by atoms with E-state index in [9.17, 15) is 4.39 Å². The number of hydrogen-bond acceptors (Lipinski definition) is 2. The number of anilines is 1. The van der Waals surface area contributed by atoms with E-state index in [0.29, 0.717) is 5.69 Å². The van der Waals surface area contributed by atoms with Crippen molar-refractivity contribution in [2.24, 2.45) is 0 Å². The maximum absolute atomic E-state index is 13.1. The van der Waals surface area contributed by atoms with Gasteiger partial charge in [0.25, 0.3) is 0 Å². The Labute approximate surface area is 72.0 Å². The lowest BCUT2D eigenvalue weighted by molar-refractivity contribution is 0.611. The van der Waals surface area contributed by atoms with E-state index in [2.05, 4.69) is 11.2 Å². The second-order valence-electron chi connectivity index (χ2n) is 2.43. The molecule has 1 aromatic heterocycles. The minimum atomic E-state index is -0.374. The first kappa shape index (κ1) is 8.97. The Hall–Kier alpha value is -1.12. The van der Waals surface area contributed by atoms with Crippen molar-refractivity contribution in [2.45, 2.75) is 13.8 Å². The van der Waals surface area contributed by atoms with Crippen LogP contribution in [0.25, 0.3) is 0 Å². The van der Waals surface area contributed by atoms with Crippen molar-refractivity contribution < 1.29 is 4.39 Å². The third kappa shape index (κ3) is 1.72. The summed E-state index contributed by atoms with van der Waals surface area (Å²) in [5.74, 6) is -0.374. The molecule has 0 atom stereocenters. The van der Waals surface area contributed by atoms with Crippen LogP contribution in [-0.4, -0.2) is 18.1 Å². The van der Waals surface area contributed by atoms with Gasteiger partial charge in [0.1, 0.15) is 6.20 Å². The highest BCUT2D eigenvalue weighted by molar-refractivity contribution is 5.45. The maximum atomic E-state index is 13.1. The number of halogens is 1. The van der Waals surface area contributed by atoms with Gasteiger partial charge in [0, 0.05) is 19.3 Å². The van der Waals surface area contributed by atoms with E-state index < -0.39 is 0 Å². The highest BCUT2D eigenvalue weighted by Gasteiger charge is 2.06. The zero-order valence-corrected chi connectivity index (χ0v) is 7.34. The van der Waals surface area contributed by atoms with Crippen LogP contribution >= 0.6 is 0 Å². The molecule has 0 N–H and O–H groups in total. The van der Waals surface area contributed by atoms with Crippen LogP contribution < -0.4 is 4.90 Å². The van der Waals surface area contributed by atoms with Crippen LogP contribution in [0.15, 0.2) is 12.3 Å². The molecular weight excluding hydrogens is 155 g/mol. The number of pyridine rings is 1. The Morgan fingerprint density at radius 1 is 1.50 bits per heavy atom. The van der Waals surface area contributed by atoms with Crippen LogP contribution in [0.3, 0.4) is 0 Å². The quantitative estimate of drug-likeness (QED) is 0.683. The topological polar surface area (TPSA) is 16.1 Å². The van der Waals surface area contributed by atoms with Gasteiger partial charge in [0.05, 0.1) is 5.69 Å². The van der Waals surface area contributed by atoms with Gasteiger partial charge in [-0.25, -0.2) is 4.39 Å². The van der Waals surface area contributed by atoms with Gasteiger partial charge in [-0.15, -0.1) is 0 Å². The van der Waals surface area contributed by atoms with Crippen molar-refractivity contribution in [1.29, 1.82) is 0 Å². The van der Waals surface area contributed by atoms with Crippen molar-refractivity contribution in [3.05, 3.63) is 24.3 Å². The first-order valence-corrected chi connectivity index (χ1v) is 4.06. The Kier molecular flexibility index (Phi) is 3.02. The van der Waals surface area contributed by atoms with E-state index in [0.717, 1.165) is 13.1 Å². The summed E-state index contributed by atoms with van der Waals surface area (Å²) < 4.78 is 13.1. The lowest BCUT2D eigenvalue weighted by Crippen LogP contribution is -2.22. The van der Waals surface area contributed by atoms with Crippen LogP contribution in [0, 0.1) is 12.0 Å². The fraction of sp³-hybridized carbons (Fsp3) is 0.444. The second-order valence-corrected chi connectivity index (χ2v) is 2.43. The fourth-order valence-electron chi connectivity index (χ4n) is 1.14. The molecular formula is C9H12FN2. The minimum absolute atomic E-state index is 0.374. The predicted octanol–water partition coefficient (Wildman–Crippen LogP) is 1.87. The maximum Gasteiger partial charge on any atom is 0.174 e. The average molecular weight is 167 g/mol. The fourth-order valence-corrected chi connectivity index (χ4v) is 1.14. The van der Waals surface area contributed by atoms with E-state index >= 15 is 0 Å². The largest absolute Gasteiger partial charge is 0.370 e. The summed E-state index contributed by atoms with van der Waals surface area (Å²) in [6, 6.07) is 1.67. The molecule has 0 amide bonds. The Balaban J connectivity index is 2.92. The molecule has 1 radical (unpaired) electrons. The highest BCUT2D eigenvalue weighted by atomic mass is 19.1. The van der Waals surface area contributed by atoms with Gasteiger partial charge in [0.15, 0.2) is 5.82 Å². The summed E-state index contributed by atoms with van der Waals surface area (Å²) in [4.78, 5) is 5.49. The molecule has 65 valence electrons. The monoisotopic (exact) mass is 167 g/mol. The average Bonchev–Trinajstić information content (AvgIpc) is 2.10. The van der Waals surface area contributed by atoms with E-state index in [4.69, 9.17) is 0 Å². The molecule has 0 bridgehead atoms. The van der Waals surface area contributed by atoms with E-state index in [1.807, 2.05) is 18.7 Å². The van der Waals surface area contributed by atoms with Crippen molar-refractivity contribution >= 4 is 5.69 Å². The summed E-state index contributed by atoms with van der Waals surface area (Å²) in [6.07, 6.45) is 3.84. The smallest absolute Gasteiger partial charge is 0.174 e. The van der Waals surface area contributed by atoms with Crippen LogP contribution in [0.4, 0.5) is 10.1 Å². The molecule has 2 nitrogen and oxygen atoms in total. The molecule has 0 fully saturated rings. The molecule has 1 heterocycles. The lowest BCUT2D eigenvalue weighted by Gasteiger charge is -2.20. The minimum Gasteiger partial charge on any atom is -0.370 e.